The van der Waals surface area contributed by atoms with Crippen molar-refractivity contribution < 1.29 is 15.3 Å². The van der Waals surface area contributed by atoms with Crippen molar-refractivity contribution in [2.75, 3.05) is 13.1 Å². The van der Waals surface area contributed by atoms with Crippen LogP contribution >= 0.6 is 35.6 Å². The molecule has 3 rings (SSSR count). The number of phenols is 3. The highest BCUT2D eigenvalue weighted by atomic mass is 35.5. The highest BCUT2D eigenvalue weighted by molar-refractivity contribution is 6.37. The molecule has 1 unspecified atom stereocenters. The quantitative estimate of drug-likeness (QED) is 0.571. The minimum absolute atomic E-state index is 0. The van der Waals surface area contributed by atoms with Gasteiger partial charge in [-0.15, -0.1) is 12.4 Å². The van der Waals surface area contributed by atoms with E-state index in [1.807, 2.05) is 12.1 Å². The standard InChI is InChI=1S/C16H15Cl2NO3.ClH/c17-13-10-5-6-19-7-11(8-1-3-9(20)4-2-8)12(10)14(18)16(22)15(13)21;/h1-4,11,19-22H,5-7H2;1H. The molecule has 1 heterocycles. The molecule has 23 heavy (non-hydrogen) atoms. The first-order valence-corrected chi connectivity index (χ1v) is 7.67. The second-order valence-corrected chi connectivity index (χ2v) is 6.07. The van der Waals surface area contributed by atoms with Crippen molar-refractivity contribution in [2.45, 2.75) is 12.3 Å². The van der Waals surface area contributed by atoms with Crippen molar-refractivity contribution in [1.29, 1.82) is 0 Å². The number of aromatic hydroxyl groups is 3. The molecule has 2 aromatic rings. The Morgan fingerprint density at radius 1 is 0.957 bits per heavy atom. The van der Waals surface area contributed by atoms with Gasteiger partial charge in [-0.25, -0.2) is 0 Å². The fourth-order valence-electron chi connectivity index (χ4n) is 2.89. The van der Waals surface area contributed by atoms with E-state index in [-0.39, 0.29) is 39.9 Å². The zero-order valence-corrected chi connectivity index (χ0v) is 14.3. The Kier molecular flexibility index (Phi) is 5.53. The maximum atomic E-state index is 10.0. The molecule has 124 valence electrons. The van der Waals surface area contributed by atoms with Crippen LogP contribution in [0, 0.1) is 0 Å². The summed E-state index contributed by atoms with van der Waals surface area (Å²) in [5, 5.41) is 32.9. The summed E-state index contributed by atoms with van der Waals surface area (Å²) in [6, 6.07) is 6.83. The minimum Gasteiger partial charge on any atom is -0.508 e. The van der Waals surface area contributed by atoms with Crippen LogP contribution in [0.2, 0.25) is 10.0 Å². The van der Waals surface area contributed by atoms with E-state index >= 15 is 0 Å². The molecule has 2 aromatic carbocycles. The van der Waals surface area contributed by atoms with Gasteiger partial charge in [-0.05, 0) is 41.8 Å². The SMILES string of the molecule is Cl.Oc1ccc(C2CNCCc3c(Cl)c(O)c(O)c(Cl)c32)cc1. The molecule has 1 aliphatic heterocycles. The third-order valence-electron chi connectivity index (χ3n) is 4.01. The number of benzene rings is 2. The summed E-state index contributed by atoms with van der Waals surface area (Å²) in [4.78, 5) is 0. The van der Waals surface area contributed by atoms with Gasteiger partial charge < -0.3 is 20.6 Å². The lowest BCUT2D eigenvalue weighted by Crippen LogP contribution is -2.21. The maximum absolute atomic E-state index is 10.0. The zero-order chi connectivity index (χ0) is 15.9. The average molecular weight is 377 g/mol. The molecule has 0 spiro atoms. The smallest absolute Gasteiger partial charge is 0.178 e. The van der Waals surface area contributed by atoms with E-state index in [9.17, 15) is 15.3 Å². The van der Waals surface area contributed by atoms with Gasteiger partial charge in [0.1, 0.15) is 5.75 Å². The molecule has 0 aromatic heterocycles. The van der Waals surface area contributed by atoms with Crippen molar-refractivity contribution in [3.8, 4) is 17.2 Å². The van der Waals surface area contributed by atoms with Crippen LogP contribution in [0.4, 0.5) is 0 Å². The molecule has 0 saturated heterocycles. The summed E-state index contributed by atoms with van der Waals surface area (Å²) in [5.74, 6) is -0.717. The molecule has 0 bridgehead atoms. The molecule has 0 aliphatic carbocycles. The molecule has 0 amide bonds. The number of hydrogen-bond donors (Lipinski definition) is 4. The monoisotopic (exact) mass is 375 g/mol. The average Bonchev–Trinajstić information content (AvgIpc) is 2.74. The highest BCUT2D eigenvalue weighted by Gasteiger charge is 2.29. The number of hydrogen-bond acceptors (Lipinski definition) is 4. The molecule has 4 nitrogen and oxygen atoms in total. The van der Waals surface area contributed by atoms with Crippen LogP contribution in [0.1, 0.15) is 22.6 Å². The molecular weight excluding hydrogens is 361 g/mol. The van der Waals surface area contributed by atoms with Gasteiger partial charge >= 0.3 is 0 Å². The topological polar surface area (TPSA) is 72.7 Å². The molecule has 7 heteroatoms. The Labute approximate surface area is 150 Å². The minimum atomic E-state index is -0.393. The first-order valence-electron chi connectivity index (χ1n) is 6.92. The van der Waals surface area contributed by atoms with E-state index in [1.54, 1.807) is 12.1 Å². The fourth-order valence-corrected chi connectivity index (χ4v) is 3.51. The number of halogens is 3. The molecule has 1 aliphatic rings. The summed E-state index contributed by atoms with van der Waals surface area (Å²) < 4.78 is 0. The lowest BCUT2D eigenvalue weighted by molar-refractivity contribution is 0.403. The van der Waals surface area contributed by atoms with E-state index in [0.29, 0.717) is 19.5 Å². The second-order valence-electron chi connectivity index (χ2n) is 5.32. The molecular formula is C16H16Cl3NO3. The van der Waals surface area contributed by atoms with Crippen LogP contribution in [0.3, 0.4) is 0 Å². The number of nitrogens with one attached hydrogen (secondary N) is 1. The first kappa shape index (κ1) is 18.0. The van der Waals surface area contributed by atoms with Gasteiger partial charge in [-0.1, -0.05) is 35.3 Å². The van der Waals surface area contributed by atoms with Gasteiger partial charge in [-0.3, -0.25) is 0 Å². The lowest BCUT2D eigenvalue weighted by atomic mass is 9.87. The van der Waals surface area contributed by atoms with Gasteiger partial charge in [0.25, 0.3) is 0 Å². The number of phenolic OH excluding ortho intramolecular Hbond substituents is 3. The van der Waals surface area contributed by atoms with E-state index in [4.69, 9.17) is 23.2 Å². The summed E-state index contributed by atoms with van der Waals surface area (Å²) in [6.07, 6.45) is 0.607. The lowest BCUT2D eigenvalue weighted by Gasteiger charge is -2.22. The van der Waals surface area contributed by atoms with E-state index in [2.05, 4.69) is 5.32 Å². The molecule has 0 radical (unpaired) electrons. The highest BCUT2D eigenvalue weighted by Crippen LogP contribution is 2.48. The third-order valence-corrected chi connectivity index (χ3v) is 4.80. The molecule has 0 fully saturated rings. The van der Waals surface area contributed by atoms with E-state index in [1.165, 1.54) is 0 Å². The van der Waals surface area contributed by atoms with Crippen LogP contribution in [0.25, 0.3) is 0 Å². The largest absolute Gasteiger partial charge is 0.508 e. The van der Waals surface area contributed by atoms with Gasteiger partial charge in [0.2, 0.25) is 0 Å². The van der Waals surface area contributed by atoms with Crippen molar-refractivity contribution in [3.63, 3.8) is 0 Å². The van der Waals surface area contributed by atoms with Crippen molar-refractivity contribution in [3.05, 3.63) is 51.0 Å². The molecule has 0 saturated carbocycles. The number of fused-ring (bicyclic) bond motifs is 1. The van der Waals surface area contributed by atoms with E-state index < -0.39 is 5.75 Å². The van der Waals surface area contributed by atoms with Crippen LogP contribution in [-0.2, 0) is 6.42 Å². The Morgan fingerprint density at radius 3 is 2.22 bits per heavy atom. The number of rotatable bonds is 1. The van der Waals surface area contributed by atoms with Crippen LogP contribution in [-0.4, -0.2) is 28.4 Å². The Balaban J connectivity index is 0.00000192. The van der Waals surface area contributed by atoms with Gasteiger partial charge in [0.05, 0.1) is 10.0 Å². The van der Waals surface area contributed by atoms with Crippen molar-refractivity contribution in [1.82, 2.24) is 5.32 Å². The van der Waals surface area contributed by atoms with Crippen molar-refractivity contribution >= 4 is 35.6 Å². The molecule has 1 atom stereocenters. The van der Waals surface area contributed by atoms with Crippen LogP contribution in [0.5, 0.6) is 17.2 Å². The van der Waals surface area contributed by atoms with E-state index in [0.717, 1.165) is 16.7 Å². The fraction of sp³-hybridized carbons (Fsp3) is 0.250. The predicted molar refractivity (Wildman–Crippen MR) is 93.6 cm³/mol. The summed E-state index contributed by atoms with van der Waals surface area (Å²) in [7, 11) is 0. The molecule has 4 N–H and O–H groups in total. The van der Waals surface area contributed by atoms with Crippen LogP contribution < -0.4 is 5.32 Å². The maximum Gasteiger partial charge on any atom is 0.178 e. The summed E-state index contributed by atoms with van der Waals surface area (Å²) in [6.45, 7) is 1.32. The van der Waals surface area contributed by atoms with Gasteiger partial charge in [-0.2, -0.15) is 0 Å². The summed E-state index contributed by atoms with van der Waals surface area (Å²) >= 11 is 12.5. The van der Waals surface area contributed by atoms with Crippen LogP contribution in [0.15, 0.2) is 24.3 Å². The first-order chi connectivity index (χ1) is 10.5. The second kappa shape index (κ2) is 7.05. The third kappa shape index (κ3) is 3.17. The van der Waals surface area contributed by atoms with Gasteiger partial charge in [0.15, 0.2) is 11.5 Å². The summed E-state index contributed by atoms with van der Waals surface area (Å²) in [5.41, 5.74) is 2.40. The zero-order valence-electron chi connectivity index (χ0n) is 12.0. The van der Waals surface area contributed by atoms with Gasteiger partial charge in [0, 0.05) is 12.5 Å². The Hall–Kier alpha value is -1.33. The van der Waals surface area contributed by atoms with Crippen molar-refractivity contribution in [2.24, 2.45) is 0 Å². The normalized spacial score (nSPS) is 17.0. The Morgan fingerprint density at radius 2 is 1.57 bits per heavy atom. The Bertz CT molecular complexity index is 720. The predicted octanol–water partition coefficient (Wildman–Crippen LogP) is 3.81.